The van der Waals surface area contributed by atoms with E-state index in [4.69, 9.17) is 18.9 Å². The molecule has 1 aliphatic heterocycles. The molecule has 2 rings (SSSR count). The van der Waals surface area contributed by atoms with Gasteiger partial charge in [0.05, 0.1) is 33.2 Å². The van der Waals surface area contributed by atoms with Gasteiger partial charge < -0.3 is 36.2 Å². The van der Waals surface area contributed by atoms with E-state index in [9.17, 15) is 17.3 Å². The van der Waals surface area contributed by atoms with E-state index in [-0.39, 0.29) is 6.10 Å². The summed E-state index contributed by atoms with van der Waals surface area (Å²) in [5, 5.41) is 0. The van der Waals surface area contributed by atoms with Gasteiger partial charge in [-0.2, -0.15) is 0 Å². The zero-order valence-electron chi connectivity index (χ0n) is 12.8. The van der Waals surface area contributed by atoms with Crippen molar-refractivity contribution in [1.82, 2.24) is 0 Å². The van der Waals surface area contributed by atoms with Crippen LogP contribution in [0.5, 0.6) is 17.2 Å². The summed E-state index contributed by atoms with van der Waals surface area (Å²) < 4.78 is 60.5. The maximum Gasteiger partial charge on any atom is 0.673 e. The lowest BCUT2D eigenvalue weighted by Crippen LogP contribution is -2.05. The molecule has 0 N–H and O–H groups in total. The summed E-state index contributed by atoms with van der Waals surface area (Å²) in [6, 6.07) is 3.63. The number of ether oxygens (including phenoxy) is 4. The highest BCUT2D eigenvalue weighted by Gasteiger charge is 2.22. The monoisotopic (exact) mass is 335 g/mol. The van der Waals surface area contributed by atoms with E-state index in [2.05, 4.69) is 0 Å². The summed E-state index contributed by atoms with van der Waals surface area (Å²) in [5.74, 6) is 2.04. The third-order valence-corrected chi connectivity index (χ3v) is 2.74. The lowest BCUT2D eigenvalue weighted by Gasteiger charge is -2.21. The average molecular weight is 335 g/mol. The fraction of sp³-hybridized carbons (Fsp3) is 0.286. The third-order valence-electron chi connectivity index (χ3n) is 2.74. The molecule has 4 nitrogen and oxygen atoms in total. The maximum atomic E-state index is 9.75. The summed E-state index contributed by atoms with van der Waals surface area (Å²) in [6.07, 6.45) is 7.13. The highest BCUT2D eigenvalue weighted by Crippen LogP contribution is 2.40. The quantitative estimate of drug-likeness (QED) is 0.612. The number of halogens is 4. The first kappa shape index (κ1) is 18.7. The molecule has 1 unspecified atom stereocenters. The SMILES string of the molecule is COc1cc(OC)c(C2C=CC=CO2)c(OC)c1.F[B-](F)(F)F. The molecule has 0 bridgehead atoms. The van der Waals surface area contributed by atoms with E-state index in [1.54, 1.807) is 27.6 Å². The Morgan fingerprint density at radius 2 is 1.43 bits per heavy atom. The van der Waals surface area contributed by atoms with Crippen LogP contribution >= 0.6 is 0 Å². The molecule has 9 heteroatoms. The molecule has 0 fully saturated rings. The molecule has 0 aromatic heterocycles. The van der Waals surface area contributed by atoms with Crippen molar-refractivity contribution in [3.8, 4) is 17.2 Å². The summed E-state index contributed by atoms with van der Waals surface area (Å²) in [7, 11) is -1.17. The van der Waals surface area contributed by atoms with Gasteiger partial charge in [-0.15, -0.1) is 0 Å². The van der Waals surface area contributed by atoms with Gasteiger partial charge in [0.2, 0.25) is 0 Å². The molecule has 0 spiro atoms. The van der Waals surface area contributed by atoms with Gasteiger partial charge in [0.1, 0.15) is 23.4 Å². The second kappa shape index (κ2) is 8.35. The number of hydrogen-bond acceptors (Lipinski definition) is 4. The Labute approximate surface area is 131 Å². The minimum Gasteiger partial charge on any atom is -0.496 e. The molecule has 1 aliphatic rings. The highest BCUT2D eigenvalue weighted by molar-refractivity contribution is 6.50. The molecule has 0 saturated heterocycles. The van der Waals surface area contributed by atoms with Crippen molar-refractivity contribution in [2.24, 2.45) is 0 Å². The van der Waals surface area contributed by atoms with E-state index in [0.717, 1.165) is 5.56 Å². The van der Waals surface area contributed by atoms with Gasteiger partial charge >= 0.3 is 7.25 Å². The molecular formula is C14H16BF4O4-. The summed E-state index contributed by atoms with van der Waals surface area (Å²) in [4.78, 5) is 0. The zero-order chi connectivity index (χ0) is 17.5. The van der Waals surface area contributed by atoms with Gasteiger partial charge in [-0.1, -0.05) is 6.08 Å². The minimum absolute atomic E-state index is 0.217. The van der Waals surface area contributed by atoms with Crippen molar-refractivity contribution in [2.45, 2.75) is 6.10 Å². The number of rotatable bonds is 4. The molecule has 0 aliphatic carbocycles. The highest BCUT2D eigenvalue weighted by atomic mass is 19.5. The first-order valence-electron chi connectivity index (χ1n) is 6.46. The number of benzene rings is 1. The van der Waals surface area contributed by atoms with Crippen LogP contribution in [0.4, 0.5) is 17.3 Å². The van der Waals surface area contributed by atoms with Gasteiger partial charge in [0.25, 0.3) is 0 Å². The molecule has 0 amide bonds. The molecule has 23 heavy (non-hydrogen) atoms. The summed E-state index contributed by atoms with van der Waals surface area (Å²) >= 11 is 0. The molecule has 128 valence electrons. The van der Waals surface area contributed by atoms with Crippen molar-refractivity contribution in [2.75, 3.05) is 21.3 Å². The Morgan fingerprint density at radius 1 is 0.913 bits per heavy atom. The fourth-order valence-corrected chi connectivity index (χ4v) is 1.86. The van der Waals surface area contributed by atoms with Crippen LogP contribution in [0.3, 0.4) is 0 Å². The Morgan fingerprint density at radius 3 is 1.78 bits per heavy atom. The first-order valence-corrected chi connectivity index (χ1v) is 6.46. The molecule has 0 radical (unpaired) electrons. The van der Waals surface area contributed by atoms with Crippen LogP contribution in [0.25, 0.3) is 0 Å². The molecule has 1 aromatic carbocycles. The average Bonchev–Trinajstić information content (AvgIpc) is 2.52. The second-order valence-electron chi connectivity index (χ2n) is 4.21. The topological polar surface area (TPSA) is 36.9 Å². The van der Waals surface area contributed by atoms with Crippen LogP contribution in [-0.4, -0.2) is 28.6 Å². The van der Waals surface area contributed by atoms with E-state index in [0.29, 0.717) is 17.2 Å². The number of allylic oxidation sites excluding steroid dienone is 2. The van der Waals surface area contributed by atoms with E-state index in [1.165, 1.54) is 0 Å². The van der Waals surface area contributed by atoms with Crippen LogP contribution in [0, 0.1) is 0 Å². The van der Waals surface area contributed by atoms with Crippen LogP contribution in [-0.2, 0) is 4.74 Å². The summed E-state index contributed by atoms with van der Waals surface area (Å²) in [6.45, 7) is 0. The number of hydrogen-bond donors (Lipinski definition) is 0. The van der Waals surface area contributed by atoms with Gasteiger partial charge in [-0.3, -0.25) is 0 Å². The molecule has 1 aromatic rings. The van der Waals surface area contributed by atoms with Crippen molar-refractivity contribution in [3.63, 3.8) is 0 Å². The second-order valence-corrected chi connectivity index (χ2v) is 4.21. The van der Waals surface area contributed by atoms with Crippen LogP contribution in [0.1, 0.15) is 11.7 Å². The number of methoxy groups -OCH3 is 3. The molecule has 1 atom stereocenters. The first-order chi connectivity index (χ1) is 10.8. The predicted octanol–water partition coefficient (Wildman–Crippen LogP) is 4.15. The van der Waals surface area contributed by atoms with Gasteiger partial charge in [0.15, 0.2) is 0 Å². The smallest absolute Gasteiger partial charge is 0.496 e. The van der Waals surface area contributed by atoms with Crippen molar-refractivity contribution in [3.05, 3.63) is 42.2 Å². The largest absolute Gasteiger partial charge is 0.673 e. The minimum atomic E-state index is -6.00. The third kappa shape index (κ3) is 6.13. The van der Waals surface area contributed by atoms with Crippen LogP contribution in [0.2, 0.25) is 0 Å². The lowest BCUT2D eigenvalue weighted by molar-refractivity contribution is 0.178. The van der Waals surface area contributed by atoms with Crippen molar-refractivity contribution >= 4 is 7.25 Å². The predicted molar refractivity (Wildman–Crippen MR) is 78.4 cm³/mol. The molecular weight excluding hydrogens is 319 g/mol. The van der Waals surface area contributed by atoms with Gasteiger partial charge in [-0.05, 0) is 12.2 Å². The summed E-state index contributed by atoms with van der Waals surface area (Å²) in [5.41, 5.74) is 0.849. The van der Waals surface area contributed by atoms with Gasteiger partial charge in [0, 0.05) is 12.1 Å². The fourth-order valence-electron chi connectivity index (χ4n) is 1.86. The van der Waals surface area contributed by atoms with Crippen LogP contribution in [0.15, 0.2) is 36.6 Å². The zero-order valence-corrected chi connectivity index (χ0v) is 12.8. The normalized spacial score (nSPS) is 16.0. The Bertz CT molecular complexity index is 541. The Balaban J connectivity index is 0.000000463. The standard InChI is InChI=1S/C14H16O4.BF4/c1-15-10-8-12(16-2)14(13(9-10)17-3)11-6-4-5-7-18-11;2-1(3,4)5/h4-9,11H,1-3H3;/q;-1. The van der Waals surface area contributed by atoms with E-state index >= 15 is 0 Å². The van der Waals surface area contributed by atoms with E-state index < -0.39 is 7.25 Å². The van der Waals surface area contributed by atoms with Crippen LogP contribution < -0.4 is 14.2 Å². The van der Waals surface area contributed by atoms with Crippen molar-refractivity contribution in [1.29, 1.82) is 0 Å². The van der Waals surface area contributed by atoms with Crippen molar-refractivity contribution < 1.29 is 36.2 Å². The van der Waals surface area contributed by atoms with Gasteiger partial charge in [-0.25, -0.2) is 0 Å². The Hall–Kier alpha value is -2.32. The lowest BCUT2D eigenvalue weighted by atomic mass is 10.0. The maximum absolute atomic E-state index is 9.75. The molecule has 0 saturated carbocycles. The van der Waals surface area contributed by atoms with E-state index in [1.807, 2.05) is 30.4 Å². The Kier molecular flexibility index (Phi) is 6.80. The molecule has 1 heterocycles.